The fourth-order valence-electron chi connectivity index (χ4n) is 3.26. The summed E-state index contributed by atoms with van der Waals surface area (Å²) in [7, 11) is -1.34. The predicted molar refractivity (Wildman–Crippen MR) is 107 cm³/mol. The van der Waals surface area contributed by atoms with Crippen molar-refractivity contribution in [3.63, 3.8) is 0 Å². The number of hydrogen-bond donors (Lipinski definition) is 1. The van der Waals surface area contributed by atoms with Gasteiger partial charge in [0.2, 0.25) is 10.0 Å². The molecule has 1 N–H and O–H groups in total. The second-order valence-corrected chi connectivity index (χ2v) is 10.1. The monoisotopic (exact) mass is 393 g/mol. The van der Waals surface area contributed by atoms with Crippen molar-refractivity contribution in [2.45, 2.75) is 31.8 Å². The number of thiophene rings is 1. The average Bonchev–Trinajstić information content (AvgIpc) is 2.95. The fourth-order valence-corrected chi connectivity index (χ4v) is 5.82. The average molecular weight is 394 g/mol. The zero-order valence-corrected chi connectivity index (χ0v) is 17.3. The Morgan fingerprint density at radius 2 is 1.73 bits per heavy atom. The van der Waals surface area contributed by atoms with Gasteiger partial charge in [-0.3, -0.25) is 4.90 Å². The van der Waals surface area contributed by atoms with Gasteiger partial charge in [0.1, 0.15) is 0 Å². The maximum Gasteiger partial charge on any atom is 0.241 e. The first kappa shape index (κ1) is 19.5. The summed E-state index contributed by atoms with van der Waals surface area (Å²) in [5.41, 5.74) is 2.23. The van der Waals surface area contributed by atoms with Gasteiger partial charge in [-0.1, -0.05) is 24.3 Å². The van der Waals surface area contributed by atoms with Crippen LogP contribution in [0.1, 0.15) is 20.9 Å². The van der Waals surface area contributed by atoms with Gasteiger partial charge in [-0.2, -0.15) is 0 Å². The normalized spacial score (nSPS) is 16.9. The van der Waals surface area contributed by atoms with Crippen LogP contribution in [0.5, 0.6) is 0 Å². The van der Waals surface area contributed by atoms with E-state index in [-0.39, 0.29) is 0 Å². The Bertz CT molecular complexity index is 853. The van der Waals surface area contributed by atoms with Gasteiger partial charge in [-0.05, 0) is 38.1 Å². The molecule has 1 fully saturated rings. The third kappa shape index (κ3) is 4.72. The highest BCUT2D eigenvalue weighted by Crippen LogP contribution is 2.25. The molecule has 26 heavy (non-hydrogen) atoms. The molecular formula is C19H27N3O2S2. The molecule has 0 radical (unpaired) electrons. The Morgan fingerprint density at radius 3 is 2.35 bits per heavy atom. The van der Waals surface area contributed by atoms with Gasteiger partial charge in [-0.25, -0.2) is 13.1 Å². The van der Waals surface area contributed by atoms with E-state index in [4.69, 9.17) is 0 Å². The van der Waals surface area contributed by atoms with E-state index >= 15 is 0 Å². The van der Waals surface area contributed by atoms with Crippen molar-refractivity contribution < 1.29 is 8.42 Å². The molecule has 1 aromatic carbocycles. The molecule has 142 valence electrons. The molecule has 2 heterocycles. The van der Waals surface area contributed by atoms with E-state index in [9.17, 15) is 8.42 Å². The summed E-state index contributed by atoms with van der Waals surface area (Å²) in [4.78, 5) is 7.01. The highest BCUT2D eigenvalue weighted by molar-refractivity contribution is 7.89. The highest BCUT2D eigenvalue weighted by atomic mass is 32.2. The first-order valence-electron chi connectivity index (χ1n) is 8.89. The minimum absolute atomic E-state index is 0.320. The topological polar surface area (TPSA) is 52.7 Å². The van der Waals surface area contributed by atoms with Crippen molar-refractivity contribution in [2.75, 3.05) is 33.2 Å². The number of piperazine rings is 1. The third-order valence-corrected chi connectivity index (χ3v) is 7.47. The van der Waals surface area contributed by atoms with Gasteiger partial charge in [0.05, 0.1) is 4.90 Å². The van der Waals surface area contributed by atoms with Gasteiger partial charge < -0.3 is 4.90 Å². The van der Waals surface area contributed by atoms with Crippen LogP contribution in [0, 0.1) is 13.8 Å². The minimum atomic E-state index is -3.49. The lowest BCUT2D eigenvalue weighted by atomic mass is 10.1. The molecule has 2 aromatic rings. The van der Waals surface area contributed by atoms with Crippen molar-refractivity contribution in [3.8, 4) is 0 Å². The van der Waals surface area contributed by atoms with Crippen LogP contribution in [0.4, 0.5) is 0 Å². The molecule has 1 aliphatic rings. The second-order valence-electron chi connectivity index (χ2n) is 6.95. The van der Waals surface area contributed by atoms with Gasteiger partial charge in [-0.15, -0.1) is 11.3 Å². The predicted octanol–water partition coefficient (Wildman–Crippen LogP) is 2.59. The van der Waals surface area contributed by atoms with E-state index in [0.29, 0.717) is 11.4 Å². The first-order valence-corrected chi connectivity index (χ1v) is 11.2. The Kier molecular flexibility index (Phi) is 6.14. The molecular weight excluding hydrogens is 366 g/mol. The van der Waals surface area contributed by atoms with Crippen molar-refractivity contribution in [1.82, 2.24) is 14.5 Å². The summed E-state index contributed by atoms with van der Waals surface area (Å²) >= 11 is 1.51. The van der Waals surface area contributed by atoms with Gasteiger partial charge in [0, 0.05) is 49.0 Å². The standard InChI is InChI=1S/C19H27N3O2S2/c1-15-12-19(16(2)25-15)26(23,24)20-13-17-6-4-5-7-18(17)14-22-10-8-21(3)9-11-22/h4-7,12,20H,8-11,13-14H2,1-3H3. The summed E-state index contributed by atoms with van der Waals surface area (Å²) in [6.45, 7) is 9.21. The van der Waals surface area contributed by atoms with Crippen LogP contribution in [-0.2, 0) is 23.1 Å². The van der Waals surface area contributed by atoms with Crippen LogP contribution in [0.25, 0.3) is 0 Å². The van der Waals surface area contributed by atoms with E-state index in [2.05, 4.69) is 27.6 Å². The molecule has 0 spiro atoms. The van der Waals surface area contributed by atoms with Crippen molar-refractivity contribution in [3.05, 3.63) is 51.2 Å². The number of nitrogens with one attached hydrogen (secondary N) is 1. The molecule has 0 bridgehead atoms. The number of likely N-dealkylation sites (N-methyl/N-ethyl adjacent to an activating group) is 1. The first-order chi connectivity index (χ1) is 12.3. The number of nitrogens with zero attached hydrogens (tertiary/aromatic N) is 2. The molecule has 0 atom stereocenters. The number of benzene rings is 1. The maximum absolute atomic E-state index is 12.7. The number of aryl methyl sites for hydroxylation is 2. The third-order valence-electron chi connectivity index (χ3n) is 4.85. The summed E-state index contributed by atoms with van der Waals surface area (Å²) in [5, 5.41) is 0. The number of sulfonamides is 1. The van der Waals surface area contributed by atoms with Crippen LogP contribution in [-0.4, -0.2) is 51.4 Å². The lowest BCUT2D eigenvalue weighted by Gasteiger charge is -2.32. The minimum Gasteiger partial charge on any atom is -0.304 e. The van der Waals surface area contributed by atoms with Crippen LogP contribution >= 0.6 is 11.3 Å². The van der Waals surface area contributed by atoms with Gasteiger partial charge >= 0.3 is 0 Å². The van der Waals surface area contributed by atoms with Crippen molar-refractivity contribution in [2.24, 2.45) is 0 Å². The van der Waals surface area contributed by atoms with E-state index < -0.39 is 10.0 Å². The van der Waals surface area contributed by atoms with Crippen LogP contribution in [0.2, 0.25) is 0 Å². The molecule has 0 amide bonds. The van der Waals surface area contributed by atoms with Gasteiger partial charge in [0.25, 0.3) is 0 Å². The molecule has 1 aliphatic heterocycles. The largest absolute Gasteiger partial charge is 0.304 e. The van der Waals surface area contributed by atoms with Gasteiger partial charge in [0.15, 0.2) is 0 Å². The SMILES string of the molecule is Cc1cc(S(=O)(=O)NCc2ccccc2CN2CCN(C)CC2)c(C)s1. The van der Waals surface area contributed by atoms with E-state index in [1.807, 2.05) is 32.0 Å². The Balaban J connectivity index is 1.69. The summed E-state index contributed by atoms with van der Waals surface area (Å²) < 4.78 is 28.1. The van der Waals surface area contributed by atoms with E-state index in [1.165, 1.54) is 16.9 Å². The number of hydrogen-bond acceptors (Lipinski definition) is 5. The number of rotatable bonds is 6. The zero-order valence-electron chi connectivity index (χ0n) is 15.7. The smallest absolute Gasteiger partial charge is 0.241 e. The van der Waals surface area contributed by atoms with Crippen molar-refractivity contribution >= 4 is 21.4 Å². The molecule has 3 rings (SSSR count). The highest BCUT2D eigenvalue weighted by Gasteiger charge is 2.20. The Hall–Kier alpha value is -1.25. The molecule has 5 nitrogen and oxygen atoms in total. The maximum atomic E-state index is 12.7. The molecule has 0 aliphatic carbocycles. The van der Waals surface area contributed by atoms with Crippen molar-refractivity contribution in [1.29, 1.82) is 0 Å². The molecule has 1 aromatic heterocycles. The fraction of sp³-hybridized carbons (Fsp3) is 0.474. The summed E-state index contributed by atoms with van der Waals surface area (Å²) in [6, 6.07) is 9.85. The molecule has 0 saturated carbocycles. The molecule has 0 unspecified atom stereocenters. The zero-order chi connectivity index (χ0) is 18.7. The quantitative estimate of drug-likeness (QED) is 0.820. The van der Waals surface area contributed by atoms with Crippen LogP contribution in [0.3, 0.4) is 0 Å². The van der Waals surface area contributed by atoms with Crippen LogP contribution < -0.4 is 4.72 Å². The van der Waals surface area contributed by atoms with E-state index in [0.717, 1.165) is 48.0 Å². The lowest BCUT2D eigenvalue weighted by molar-refractivity contribution is 0.148. The molecule has 1 saturated heterocycles. The van der Waals surface area contributed by atoms with Crippen LogP contribution in [0.15, 0.2) is 35.2 Å². The summed E-state index contributed by atoms with van der Waals surface area (Å²) in [6.07, 6.45) is 0. The summed E-state index contributed by atoms with van der Waals surface area (Å²) in [5.74, 6) is 0. The molecule has 7 heteroatoms. The van der Waals surface area contributed by atoms with E-state index in [1.54, 1.807) is 6.07 Å². The second kappa shape index (κ2) is 8.19. The lowest BCUT2D eigenvalue weighted by Crippen LogP contribution is -2.44. The Labute approximate surface area is 160 Å². The Morgan fingerprint density at radius 1 is 1.08 bits per heavy atom.